The number of ether oxygens (including phenoxy) is 3. The van der Waals surface area contributed by atoms with Crippen LogP contribution in [0.4, 0.5) is 0 Å². The summed E-state index contributed by atoms with van der Waals surface area (Å²) in [5.41, 5.74) is 0.221. The predicted molar refractivity (Wildman–Crippen MR) is 73.3 cm³/mol. The summed E-state index contributed by atoms with van der Waals surface area (Å²) in [7, 11) is 0. The maximum atomic E-state index is 10.8. The van der Waals surface area contributed by atoms with Crippen molar-refractivity contribution in [1.82, 2.24) is 0 Å². The number of carboxylic acid groups (broad SMARTS) is 1. The van der Waals surface area contributed by atoms with Crippen LogP contribution in [0.2, 0.25) is 0 Å². The standard InChI is InChI=1S/C15H20O5/c16-15(17)12-4-3-6-13(10-12)20-9-8-18-11-14-5-1-2-7-19-14/h3-4,6,10,14H,1-2,5,7-9,11H2,(H,16,17). The maximum absolute atomic E-state index is 10.8. The van der Waals surface area contributed by atoms with Gasteiger partial charge in [0.25, 0.3) is 0 Å². The van der Waals surface area contributed by atoms with Gasteiger partial charge in [-0.25, -0.2) is 4.79 Å². The van der Waals surface area contributed by atoms with Gasteiger partial charge in [-0.1, -0.05) is 6.07 Å². The van der Waals surface area contributed by atoms with E-state index < -0.39 is 5.97 Å². The molecule has 1 aromatic rings. The summed E-state index contributed by atoms with van der Waals surface area (Å²) in [5.74, 6) is -0.413. The average molecular weight is 280 g/mol. The quantitative estimate of drug-likeness (QED) is 0.777. The Bertz CT molecular complexity index is 426. The van der Waals surface area contributed by atoms with E-state index in [4.69, 9.17) is 19.3 Å². The third-order valence-electron chi connectivity index (χ3n) is 3.16. The molecule has 1 aromatic carbocycles. The zero-order valence-electron chi connectivity index (χ0n) is 11.4. The van der Waals surface area contributed by atoms with Gasteiger partial charge in [-0.05, 0) is 37.5 Å². The van der Waals surface area contributed by atoms with E-state index in [1.165, 1.54) is 18.6 Å². The Morgan fingerprint density at radius 3 is 3.00 bits per heavy atom. The molecule has 1 aliphatic rings. The normalized spacial score (nSPS) is 18.7. The van der Waals surface area contributed by atoms with Crippen LogP contribution in [0.1, 0.15) is 29.6 Å². The topological polar surface area (TPSA) is 65.0 Å². The number of hydrogen-bond donors (Lipinski definition) is 1. The van der Waals surface area contributed by atoms with Crippen LogP contribution in [0, 0.1) is 0 Å². The lowest BCUT2D eigenvalue weighted by atomic mass is 10.1. The molecule has 0 bridgehead atoms. The summed E-state index contributed by atoms with van der Waals surface area (Å²) in [6.07, 6.45) is 3.60. The van der Waals surface area contributed by atoms with E-state index in [1.807, 2.05) is 0 Å². The molecular formula is C15H20O5. The fraction of sp³-hybridized carbons (Fsp3) is 0.533. The molecule has 0 aliphatic carbocycles. The smallest absolute Gasteiger partial charge is 0.335 e. The van der Waals surface area contributed by atoms with Crippen molar-refractivity contribution in [2.45, 2.75) is 25.4 Å². The van der Waals surface area contributed by atoms with E-state index in [2.05, 4.69) is 0 Å². The van der Waals surface area contributed by atoms with Gasteiger partial charge >= 0.3 is 5.97 Å². The Balaban J connectivity index is 1.63. The third kappa shape index (κ3) is 4.83. The van der Waals surface area contributed by atoms with Crippen LogP contribution in [-0.2, 0) is 9.47 Å². The molecule has 20 heavy (non-hydrogen) atoms. The van der Waals surface area contributed by atoms with Crippen LogP contribution < -0.4 is 4.74 Å². The lowest BCUT2D eigenvalue weighted by molar-refractivity contribution is -0.0444. The lowest BCUT2D eigenvalue weighted by Crippen LogP contribution is -2.25. The number of carbonyl (C=O) groups is 1. The summed E-state index contributed by atoms with van der Waals surface area (Å²) in [5, 5.41) is 8.87. The van der Waals surface area contributed by atoms with E-state index in [0.717, 1.165) is 19.4 Å². The first-order chi connectivity index (χ1) is 9.75. The molecule has 1 saturated heterocycles. The fourth-order valence-corrected chi connectivity index (χ4v) is 2.09. The molecule has 0 amide bonds. The first kappa shape index (κ1) is 14.8. The summed E-state index contributed by atoms with van der Waals surface area (Å²) in [6.45, 7) is 2.29. The van der Waals surface area contributed by atoms with E-state index in [-0.39, 0.29) is 11.7 Å². The molecule has 0 spiro atoms. The summed E-state index contributed by atoms with van der Waals surface area (Å²) < 4.78 is 16.5. The summed E-state index contributed by atoms with van der Waals surface area (Å²) in [6, 6.07) is 6.44. The number of aromatic carboxylic acids is 1. The van der Waals surface area contributed by atoms with Gasteiger partial charge in [0.15, 0.2) is 0 Å². The van der Waals surface area contributed by atoms with Crippen LogP contribution in [0.3, 0.4) is 0 Å². The minimum atomic E-state index is -0.957. The highest BCUT2D eigenvalue weighted by Gasteiger charge is 2.13. The zero-order valence-corrected chi connectivity index (χ0v) is 11.4. The molecular weight excluding hydrogens is 260 g/mol. The van der Waals surface area contributed by atoms with E-state index >= 15 is 0 Å². The largest absolute Gasteiger partial charge is 0.491 e. The van der Waals surface area contributed by atoms with Gasteiger partial charge in [-0.15, -0.1) is 0 Å². The highest BCUT2D eigenvalue weighted by Crippen LogP contribution is 2.14. The van der Waals surface area contributed by atoms with Gasteiger partial charge in [0.05, 0.1) is 24.9 Å². The maximum Gasteiger partial charge on any atom is 0.335 e. The van der Waals surface area contributed by atoms with Crippen molar-refractivity contribution >= 4 is 5.97 Å². The first-order valence-corrected chi connectivity index (χ1v) is 6.91. The molecule has 1 heterocycles. The lowest BCUT2D eigenvalue weighted by Gasteiger charge is -2.22. The van der Waals surface area contributed by atoms with Crippen molar-refractivity contribution in [3.05, 3.63) is 29.8 Å². The minimum Gasteiger partial charge on any atom is -0.491 e. The Labute approximate surface area is 118 Å². The van der Waals surface area contributed by atoms with E-state index in [9.17, 15) is 4.79 Å². The fourth-order valence-electron chi connectivity index (χ4n) is 2.09. The van der Waals surface area contributed by atoms with Gasteiger partial charge < -0.3 is 19.3 Å². The summed E-state index contributed by atoms with van der Waals surface area (Å²) >= 11 is 0. The van der Waals surface area contributed by atoms with E-state index in [1.54, 1.807) is 12.1 Å². The van der Waals surface area contributed by atoms with Gasteiger partial charge in [0, 0.05) is 6.61 Å². The Morgan fingerprint density at radius 2 is 2.25 bits per heavy atom. The molecule has 1 aliphatic heterocycles. The van der Waals surface area contributed by atoms with Crippen LogP contribution in [0.5, 0.6) is 5.75 Å². The SMILES string of the molecule is O=C(O)c1cccc(OCCOCC2CCCCO2)c1. The molecule has 2 rings (SSSR count). The van der Waals surface area contributed by atoms with Crippen LogP contribution >= 0.6 is 0 Å². The Hall–Kier alpha value is -1.59. The van der Waals surface area contributed by atoms with Crippen molar-refractivity contribution in [2.75, 3.05) is 26.4 Å². The molecule has 1 fully saturated rings. The molecule has 0 aromatic heterocycles. The van der Waals surface area contributed by atoms with Crippen molar-refractivity contribution in [3.8, 4) is 5.75 Å². The second kappa shape index (κ2) is 7.87. The van der Waals surface area contributed by atoms with Crippen LogP contribution in [0.15, 0.2) is 24.3 Å². The number of benzene rings is 1. The monoisotopic (exact) mass is 280 g/mol. The van der Waals surface area contributed by atoms with Crippen LogP contribution in [0.25, 0.3) is 0 Å². The Morgan fingerprint density at radius 1 is 1.35 bits per heavy atom. The zero-order chi connectivity index (χ0) is 14.2. The second-order valence-electron chi connectivity index (χ2n) is 4.74. The third-order valence-corrected chi connectivity index (χ3v) is 3.16. The molecule has 5 nitrogen and oxygen atoms in total. The molecule has 1 N–H and O–H groups in total. The number of rotatable bonds is 7. The molecule has 0 radical (unpaired) electrons. The van der Waals surface area contributed by atoms with Gasteiger partial charge in [-0.2, -0.15) is 0 Å². The minimum absolute atomic E-state index is 0.207. The van der Waals surface area contributed by atoms with Gasteiger partial charge in [0.1, 0.15) is 12.4 Å². The number of carboxylic acids is 1. The predicted octanol–water partition coefficient (Wildman–Crippen LogP) is 2.35. The number of hydrogen-bond acceptors (Lipinski definition) is 4. The molecule has 1 atom stereocenters. The molecule has 1 unspecified atom stereocenters. The highest BCUT2D eigenvalue weighted by atomic mass is 16.5. The van der Waals surface area contributed by atoms with E-state index in [0.29, 0.717) is 25.6 Å². The van der Waals surface area contributed by atoms with Crippen molar-refractivity contribution in [3.63, 3.8) is 0 Å². The Kier molecular flexibility index (Phi) is 5.83. The molecule has 5 heteroatoms. The van der Waals surface area contributed by atoms with Crippen molar-refractivity contribution < 1.29 is 24.1 Å². The van der Waals surface area contributed by atoms with Crippen molar-refractivity contribution in [2.24, 2.45) is 0 Å². The van der Waals surface area contributed by atoms with Crippen LogP contribution in [-0.4, -0.2) is 43.6 Å². The van der Waals surface area contributed by atoms with Crippen molar-refractivity contribution in [1.29, 1.82) is 0 Å². The van der Waals surface area contributed by atoms with Gasteiger partial charge in [0.2, 0.25) is 0 Å². The summed E-state index contributed by atoms with van der Waals surface area (Å²) in [4.78, 5) is 10.8. The molecule has 110 valence electrons. The highest BCUT2D eigenvalue weighted by molar-refractivity contribution is 5.87. The second-order valence-corrected chi connectivity index (χ2v) is 4.74. The van der Waals surface area contributed by atoms with Gasteiger partial charge in [-0.3, -0.25) is 0 Å². The first-order valence-electron chi connectivity index (χ1n) is 6.91. The molecule has 0 saturated carbocycles. The average Bonchev–Trinajstić information content (AvgIpc) is 2.48.